The summed E-state index contributed by atoms with van der Waals surface area (Å²) in [5.74, 6) is -0.446. The maximum absolute atomic E-state index is 12.7. The Labute approximate surface area is 178 Å². The van der Waals surface area contributed by atoms with Gasteiger partial charge in [0.05, 0.1) is 0 Å². The molecule has 1 aromatic heterocycles. The van der Waals surface area contributed by atoms with E-state index in [1.807, 2.05) is 31.2 Å². The molecule has 0 aliphatic carbocycles. The molecule has 6 nitrogen and oxygen atoms in total. The summed E-state index contributed by atoms with van der Waals surface area (Å²) in [6.45, 7) is 1.83. The number of rotatable bonds is 4. The van der Waals surface area contributed by atoms with Crippen molar-refractivity contribution in [2.45, 2.75) is 13.5 Å². The summed E-state index contributed by atoms with van der Waals surface area (Å²) in [4.78, 5) is 12.7. The van der Waals surface area contributed by atoms with Gasteiger partial charge in [0.2, 0.25) is 17.7 Å². The molecule has 0 fully saturated rings. The van der Waals surface area contributed by atoms with Crippen LogP contribution in [0, 0.1) is 6.92 Å². The summed E-state index contributed by atoms with van der Waals surface area (Å²) in [7, 11) is 0. The molecule has 7 heteroatoms. The number of hydrogen-bond donors (Lipinski definition) is 3. The van der Waals surface area contributed by atoms with Gasteiger partial charge < -0.3 is 15.5 Å². The summed E-state index contributed by atoms with van der Waals surface area (Å²) in [6, 6.07) is 20.9. The van der Waals surface area contributed by atoms with Crippen molar-refractivity contribution in [2.75, 3.05) is 5.32 Å². The Kier molecular flexibility index (Phi) is 5.25. The van der Waals surface area contributed by atoms with Crippen LogP contribution in [0.25, 0.3) is 16.6 Å². The lowest BCUT2D eigenvalue weighted by molar-refractivity contribution is -0.774. The molecular formula is C23H20ClN3O3+2. The topological polar surface area (TPSA) is 77.3 Å². The molecule has 1 heterocycles. The van der Waals surface area contributed by atoms with Crippen molar-refractivity contribution in [1.29, 1.82) is 0 Å². The fourth-order valence-electron chi connectivity index (χ4n) is 3.31. The maximum Gasteiger partial charge on any atom is 0.638 e. The van der Waals surface area contributed by atoms with Crippen LogP contribution in [-0.4, -0.2) is 16.1 Å². The fourth-order valence-corrected chi connectivity index (χ4v) is 3.43. The minimum atomic E-state index is -0.308. The van der Waals surface area contributed by atoms with Crippen molar-refractivity contribution < 1.29 is 24.1 Å². The number of halogens is 1. The van der Waals surface area contributed by atoms with Crippen LogP contribution >= 0.6 is 11.6 Å². The van der Waals surface area contributed by atoms with E-state index in [-0.39, 0.29) is 24.3 Å². The second-order valence-electron chi connectivity index (χ2n) is 6.95. The third kappa shape index (κ3) is 3.77. The van der Waals surface area contributed by atoms with Gasteiger partial charge in [-0.3, -0.25) is 4.79 Å². The zero-order chi connectivity index (χ0) is 21.3. The minimum Gasteiger partial charge on any atom is -0.459 e. The summed E-state index contributed by atoms with van der Waals surface area (Å²) in [6.07, 6.45) is 0. The van der Waals surface area contributed by atoms with Gasteiger partial charge in [-0.1, -0.05) is 46.0 Å². The van der Waals surface area contributed by atoms with E-state index in [0.29, 0.717) is 27.3 Å². The van der Waals surface area contributed by atoms with Gasteiger partial charge in [0.15, 0.2) is 5.39 Å². The third-order valence-electron chi connectivity index (χ3n) is 4.81. The smallest absolute Gasteiger partial charge is 0.459 e. The zero-order valence-electron chi connectivity index (χ0n) is 16.2. The Balaban J connectivity index is 1.79. The van der Waals surface area contributed by atoms with Crippen LogP contribution in [-0.2, 0) is 11.3 Å². The van der Waals surface area contributed by atoms with Crippen LogP contribution in [0.3, 0.4) is 0 Å². The molecule has 0 bridgehead atoms. The highest BCUT2D eigenvalue weighted by molar-refractivity contribution is 6.30. The van der Waals surface area contributed by atoms with Crippen molar-refractivity contribution in [3.63, 3.8) is 0 Å². The van der Waals surface area contributed by atoms with Crippen molar-refractivity contribution in [1.82, 2.24) is 0 Å². The van der Waals surface area contributed by atoms with Gasteiger partial charge in [0.25, 0.3) is 5.91 Å². The fraction of sp³-hybridized carbons (Fsp3) is 0.0870. The van der Waals surface area contributed by atoms with Gasteiger partial charge in [0.1, 0.15) is 0 Å². The number of fused-ring (bicyclic) bond motifs is 1. The second-order valence-corrected chi connectivity index (χ2v) is 7.39. The van der Waals surface area contributed by atoms with Gasteiger partial charge in [0, 0.05) is 28.9 Å². The molecule has 30 heavy (non-hydrogen) atoms. The third-order valence-corrected chi connectivity index (χ3v) is 5.06. The van der Waals surface area contributed by atoms with Gasteiger partial charge in [-0.2, -0.15) is 0 Å². The molecule has 0 aliphatic rings. The zero-order valence-corrected chi connectivity index (χ0v) is 17.0. The number of aryl methyl sites for hydroxylation is 1. The standard InChI is InChI=1S/C23H18ClN3O3/c1-15-6-10-17(11-7-15)25-21(28)14-26-20-5-3-2-4-19(20)22(29)27(23(26)30)18-12-8-16(24)9-13-18/h2-13H,14H2,1H3,(H,25,28)/p+2. The predicted molar refractivity (Wildman–Crippen MR) is 114 cm³/mol. The average Bonchev–Trinajstić information content (AvgIpc) is 2.74. The number of nitrogens with one attached hydrogen (secondary N) is 1. The number of benzene rings is 3. The van der Waals surface area contributed by atoms with Gasteiger partial charge in [-0.05, 0) is 41.8 Å². The summed E-state index contributed by atoms with van der Waals surface area (Å²) >= 11 is 5.97. The van der Waals surface area contributed by atoms with Gasteiger partial charge in [-0.15, -0.1) is 0 Å². The van der Waals surface area contributed by atoms with E-state index in [4.69, 9.17) is 11.6 Å². The first-order valence-electron chi connectivity index (χ1n) is 9.35. The highest BCUT2D eigenvalue weighted by Crippen LogP contribution is 2.23. The molecule has 1 amide bonds. The molecule has 3 aromatic carbocycles. The molecule has 0 atom stereocenters. The number of para-hydroxylation sites is 1. The van der Waals surface area contributed by atoms with Crippen LogP contribution in [0.5, 0.6) is 11.9 Å². The molecule has 0 aliphatic heterocycles. The summed E-state index contributed by atoms with van der Waals surface area (Å²) in [5, 5.41) is 25.7. The molecule has 0 saturated heterocycles. The highest BCUT2D eigenvalue weighted by atomic mass is 35.5. The van der Waals surface area contributed by atoms with Crippen molar-refractivity contribution in [2.24, 2.45) is 0 Å². The average molecular weight is 422 g/mol. The number of aromatic hydroxyl groups is 2. The first-order chi connectivity index (χ1) is 14.4. The predicted octanol–water partition coefficient (Wildman–Crippen LogP) is 3.42. The Hall–Kier alpha value is -3.64. The highest BCUT2D eigenvalue weighted by Gasteiger charge is 2.36. The number of amides is 1. The number of anilines is 1. The molecule has 0 saturated carbocycles. The molecule has 3 N–H and O–H groups in total. The van der Waals surface area contributed by atoms with E-state index in [9.17, 15) is 15.0 Å². The van der Waals surface area contributed by atoms with Crippen LogP contribution in [0.4, 0.5) is 5.69 Å². The van der Waals surface area contributed by atoms with Crippen LogP contribution in [0.2, 0.25) is 5.02 Å². The van der Waals surface area contributed by atoms with Gasteiger partial charge in [-0.25, -0.2) is 0 Å². The minimum absolute atomic E-state index is 0.138. The molecule has 4 aromatic rings. The summed E-state index contributed by atoms with van der Waals surface area (Å²) in [5.41, 5.74) is 2.79. The largest absolute Gasteiger partial charge is 0.638 e. The first-order valence-corrected chi connectivity index (χ1v) is 9.73. The van der Waals surface area contributed by atoms with Crippen LogP contribution in [0.15, 0.2) is 72.8 Å². The van der Waals surface area contributed by atoms with Crippen molar-refractivity contribution >= 4 is 34.1 Å². The molecular weight excluding hydrogens is 402 g/mol. The normalized spacial score (nSPS) is 10.9. The van der Waals surface area contributed by atoms with Gasteiger partial charge >= 0.3 is 11.9 Å². The van der Waals surface area contributed by atoms with Crippen molar-refractivity contribution in [3.05, 3.63) is 83.4 Å². The Morgan fingerprint density at radius 2 is 1.63 bits per heavy atom. The quantitative estimate of drug-likeness (QED) is 0.442. The lowest BCUT2D eigenvalue weighted by Crippen LogP contribution is -2.49. The van der Waals surface area contributed by atoms with E-state index < -0.39 is 0 Å². The Morgan fingerprint density at radius 3 is 2.33 bits per heavy atom. The van der Waals surface area contributed by atoms with E-state index in [1.165, 1.54) is 9.13 Å². The van der Waals surface area contributed by atoms with E-state index in [2.05, 4.69) is 5.32 Å². The first kappa shape index (κ1) is 19.7. The monoisotopic (exact) mass is 421 g/mol. The number of carbonyl (C=O) groups is 1. The van der Waals surface area contributed by atoms with Crippen LogP contribution < -0.4 is 14.5 Å². The molecule has 0 unspecified atom stereocenters. The maximum atomic E-state index is 12.7. The molecule has 0 spiro atoms. The lowest BCUT2D eigenvalue weighted by atomic mass is 10.2. The molecule has 4 rings (SSSR count). The number of nitrogens with zero attached hydrogens (tertiary/aromatic N) is 2. The lowest BCUT2D eigenvalue weighted by Gasteiger charge is -2.06. The Bertz CT molecular complexity index is 1240. The second kappa shape index (κ2) is 8.00. The van der Waals surface area contributed by atoms with Crippen LogP contribution in [0.1, 0.15) is 5.56 Å². The summed E-state index contributed by atoms with van der Waals surface area (Å²) < 4.78 is 2.73. The van der Waals surface area contributed by atoms with E-state index in [0.717, 1.165) is 5.56 Å². The molecule has 150 valence electrons. The van der Waals surface area contributed by atoms with Crippen molar-refractivity contribution in [3.8, 4) is 17.6 Å². The number of hydrogen-bond acceptors (Lipinski definition) is 3. The molecule has 0 radical (unpaired) electrons. The number of aromatic nitrogens is 2. The SMILES string of the molecule is Cc1ccc(NC(=O)C[n+]2c(O)[n+](-c3ccc(Cl)cc3)c(O)c3ccccc32)cc1. The van der Waals surface area contributed by atoms with E-state index in [1.54, 1.807) is 48.5 Å². The number of carbonyl (C=O) groups excluding carboxylic acids is 1. The Morgan fingerprint density at radius 1 is 0.967 bits per heavy atom. The van der Waals surface area contributed by atoms with E-state index >= 15 is 0 Å².